The van der Waals surface area contributed by atoms with E-state index in [2.05, 4.69) is 0 Å². The van der Waals surface area contributed by atoms with Gasteiger partial charge in [0.15, 0.2) is 0 Å². The van der Waals surface area contributed by atoms with Crippen molar-refractivity contribution in [1.29, 1.82) is 0 Å². The highest BCUT2D eigenvalue weighted by Gasteiger charge is 2.42. The molecule has 0 aliphatic rings. The fraction of sp³-hybridized carbons (Fsp3) is 0.467. The molecule has 0 fully saturated rings. The van der Waals surface area contributed by atoms with Crippen LogP contribution in [0, 0.1) is 12.8 Å². The van der Waals surface area contributed by atoms with Gasteiger partial charge in [0, 0.05) is 11.9 Å². The lowest BCUT2D eigenvalue weighted by Gasteiger charge is -2.18. The SMILES string of the molecule is CCOC(=O)C(Cc1ccc(C)c(Cl)c1)C(=O)C(C)(F)F. The van der Waals surface area contributed by atoms with Gasteiger partial charge in [0.1, 0.15) is 5.92 Å². The third kappa shape index (κ3) is 4.77. The second-order valence-electron chi connectivity index (χ2n) is 4.84. The number of halogens is 3. The van der Waals surface area contributed by atoms with Gasteiger partial charge in [-0.1, -0.05) is 23.7 Å². The number of alkyl halides is 2. The van der Waals surface area contributed by atoms with Crippen LogP contribution in [-0.4, -0.2) is 24.3 Å². The number of carbonyl (C=O) groups excluding carboxylic acids is 2. The molecule has 3 nitrogen and oxygen atoms in total. The van der Waals surface area contributed by atoms with E-state index in [4.69, 9.17) is 16.3 Å². The second-order valence-corrected chi connectivity index (χ2v) is 5.25. The molecule has 0 saturated heterocycles. The molecule has 0 amide bonds. The number of hydrogen-bond acceptors (Lipinski definition) is 3. The summed E-state index contributed by atoms with van der Waals surface area (Å²) in [5.41, 5.74) is 1.35. The van der Waals surface area contributed by atoms with Crippen LogP contribution < -0.4 is 0 Å². The molecule has 0 aliphatic carbocycles. The van der Waals surface area contributed by atoms with Crippen molar-refractivity contribution < 1.29 is 23.1 Å². The number of carbonyl (C=O) groups is 2. The average molecular weight is 319 g/mol. The molecule has 1 rings (SSSR count). The lowest BCUT2D eigenvalue weighted by Crippen LogP contribution is -2.38. The maximum atomic E-state index is 13.2. The minimum absolute atomic E-state index is 0.0204. The highest BCUT2D eigenvalue weighted by Crippen LogP contribution is 2.25. The van der Waals surface area contributed by atoms with Crippen molar-refractivity contribution in [3.8, 4) is 0 Å². The van der Waals surface area contributed by atoms with Crippen LogP contribution in [0.2, 0.25) is 5.02 Å². The molecule has 0 aliphatic heterocycles. The minimum Gasteiger partial charge on any atom is -0.465 e. The van der Waals surface area contributed by atoms with Crippen LogP contribution in [0.4, 0.5) is 8.78 Å². The summed E-state index contributed by atoms with van der Waals surface area (Å²) in [5.74, 6) is -7.52. The molecule has 21 heavy (non-hydrogen) atoms. The maximum Gasteiger partial charge on any atom is 0.317 e. The van der Waals surface area contributed by atoms with Crippen molar-refractivity contribution in [3.05, 3.63) is 34.3 Å². The Morgan fingerprint density at radius 3 is 2.48 bits per heavy atom. The van der Waals surface area contributed by atoms with E-state index in [0.717, 1.165) is 5.56 Å². The first kappa shape index (κ1) is 17.6. The van der Waals surface area contributed by atoms with E-state index >= 15 is 0 Å². The summed E-state index contributed by atoms with van der Waals surface area (Å²) in [5, 5.41) is 0.450. The van der Waals surface area contributed by atoms with Gasteiger partial charge in [-0.15, -0.1) is 0 Å². The number of Topliss-reactive ketones (excluding diaryl/α,β-unsaturated/α-hetero) is 1. The molecular weight excluding hydrogens is 302 g/mol. The monoisotopic (exact) mass is 318 g/mol. The zero-order valence-electron chi connectivity index (χ0n) is 12.1. The van der Waals surface area contributed by atoms with Crippen molar-refractivity contribution in [2.75, 3.05) is 6.61 Å². The van der Waals surface area contributed by atoms with E-state index in [9.17, 15) is 18.4 Å². The molecule has 1 aromatic carbocycles. The van der Waals surface area contributed by atoms with Crippen LogP contribution in [-0.2, 0) is 20.7 Å². The summed E-state index contributed by atoms with van der Waals surface area (Å²) in [6.45, 7) is 3.84. The molecule has 0 spiro atoms. The van der Waals surface area contributed by atoms with Crippen LogP contribution in [0.5, 0.6) is 0 Å². The highest BCUT2D eigenvalue weighted by atomic mass is 35.5. The number of rotatable bonds is 6. The van der Waals surface area contributed by atoms with Gasteiger partial charge in [0.25, 0.3) is 0 Å². The molecule has 1 atom stereocenters. The number of hydrogen-bond donors (Lipinski definition) is 0. The van der Waals surface area contributed by atoms with Crippen molar-refractivity contribution in [2.24, 2.45) is 5.92 Å². The molecule has 1 unspecified atom stereocenters. The molecule has 0 saturated carbocycles. The topological polar surface area (TPSA) is 43.4 Å². The summed E-state index contributed by atoms with van der Waals surface area (Å²) in [7, 11) is 0. The average Bonchev–Trinajstić information content (AvgIpc) is 2.38. The minimum atomic E-state index is -3.59. The highest BCUT2D eigenvalue weighted by molar-refractivity contribution is 6.31. The number of ether oxygens (including phenoxy) is 1. The molecular formula is C15H17ClF2O3. The van der Waals surface area contributed by atoms with E-state index in [0.29, 0.717) is 17.5 Å². The maximum absolute atomic E-state index is 13.2. The summed E-state index contributed by atoms with van der Waals surface area (Å²) >= 11 is 5.96. The van der Waals surface area contributed by atoms with E-state index in [1.54, 1.807) is 32.0 Å². The summed E-state index contributed by atoms with van der Waals surface area (Å²) in [6, 6.07) is 4.91. The zero-order chi connectivity index (χ0) is 16.2. The fourth-order valence-electron chi connectivity index (χ4n) is 1.83. The number of ketones is 1. The molecule has 0 N–H and O–H groups in total. The zero-order valence-corrected chi connectivity index (χ0v) is 12.8. The van der Waals surface area contributed by atoms with Crippen molar-refractivity contribution in [3.63, 3.8) is 0 Å². The van der Waals surface area contributed by atoms with E-state index in [1.807, 2.05) is 0 Å². The Morgan fingerprint density at radius 1 is 1.38 bits per heavy atom. The van der Waals surface area contributed by atoms with Gasteiger partial charge in [0.05, 0.1) is 6.61 Å². The van der Waals surface area contributed by atoms with Crippen molar-refractivity contribution >= 4 is 23.4 Å². The van der Waals surface area contributed by atoms with Gasteiger partial charge in [0.2, 0.25) is 5.78 Å². The van der Waals surface area contributed by atoms with E-state index in [-0.39, 0.29) is 13.0 Å². The first-order valence-electron chi connectivity index (χ1n) is 6.50. The van der Waals surface area contributed by atoms with Gasteiger partial charge in [-0.05, 0) is 37.5 Å². The lowest BCUT2D eigenvalue weighted by molar-refractivity contribution is -0.159. The molecule has 0 aromatic heterocycles. The Labute approximate surface area is 127 Å². The predicted molar refractivity (Wildman–Crippen MR) is 75.6 cm³/mol. The molecule has 0 heterocycles. The summed E-state index contributed by atoms with van der Waals surface area (Å²) in [6.07, 6.45) is -0.166. The molecule has 0 radical (unpaired) electrons. The Hall–Kier alpha value is -1.49. The Balaban J connectivity index is 3.04. The molecule has 6 heteroatoms. The van der Waals surface area contributed by atoms with Gasteiger partial charge in [-0.2, -0.15) is 8.78 Å². The molecule has 1 aromatic rings. The van der Waals surface area contributed by atoms with Crippen LogP contribution in [0.1, 0.15) is 25.0 Å². The normalized spacial score (nSPS) is 12.9. The molecule has 116 valence electrons. The van der Waals surface area contributed by atoms with Crippen LogP contribution in [0.25, 0.3) is 0 Å². The smallest absolute Gasteiger partial charge is 0.317 e. The number of aryl methyl sites for hydroxylation is 1. The third-order valence-corrected chi connectivity index (χ3v) is 3.40. The summed E-state index contributed by atoms with van der Waals surface area (Å²) in [4.78, 5) is 23.5. The Bertz CT molecular complexity index is 538. The van der Waals surface area contributed by atoms with Gasteiger partial charge in [-0.25, -0.2) is 0 Å². The molecule has 0 bridgehead atoms. The first-order valence-corrected chi connectivity index (χ1v) is 6.88. The van der Waals surface area contributed by atoms with Gasteiger partial charge in [-0.3, -0.25) is 9.59 Å². The van der Waals surface area contributed by atoms with Gasteiger partial charge < -0.3 is 4.74 Å². The quantitative estimate of drug-likeness (QED) is 0.594. The predicted octanol–water partition coefficient (Wildman–Crippen LogP) is 3.59. The van der Waals surface area contributed by atoms with Crippen LogP contribution in [0.3, 0.4) is 0 Å². The van der Waals surface area contributed by atoms with Crippen LogP contribution >= 0.6 is 11.6 Å². The van der Waals surface area contributed by atoms with Gasteiger partial charge >= 0.3 is 11.9 Å². The lowest BCUT2D eigenvalue weighted by atomic mass is 9.92. The largest absolute Gasteiger partial charge is 0.465 e. The standard InChI is InChI=1S/C15H17ClF2O3/c1-4-21-14(20)11(13(19)15(3,17)18)7-10-6-5-9(2)12(16)8-10/h5-6,8,11H,4,7H2,1-3H3. The van der Waals surface area contributed by atoms with E-state index in [1.165, 1.54) is 0 Å². The van der Waals surface area contributed by atoms with Crippen molar-refractivity contribution in [1.82, 2.24) is 0 Å². The Morgan fingerprint density at radius 2 is 2.00 bits per heavy atom. The van der Waals surface area contributed by atoms with Crippen molar-refractivity contribution in [2.45, 2.75) is 33.1 Å². The summed E-state index contributed by atoms with van der Waals surface area (Å²) < 4.78 is 31.2. The first-order chi connectivity index (χ1) is 9.66. The number of esters is 1. The third-order valence-electron chi connectivity index (χ3n) is 3.00. The fourth-order valence-corrected chi connectivity index (χ4v) is 2.03. The number of benzene rings is 1. The Kier molecular flexibility index (Phi) is 5.84. The van der Waals surface area contributed by atoms with Crippen LogP contribution in [0.15, 0.2) is 18.2 Å². The second kappa shape index (κ2) is 6.98. The van der Waals surface area contributed by atoms with E-state index < -0.39 is 23.6 Å².